The Labute approximate surface area is 108 Å². The summed E-state index contributed by atoms with van der Waals surface area (Å²) >= 11 is 0. The standard InChI is InChI=1S/C15H20N2O/c16-9-11-1-3-14(7-11)18-15-4-2-13-10-17-6-5-12(13)8-15/h2,4-6,8,11,14,17H,1,3,7,9-10,16H2/t11-,14-/m0/s1. The average Bonchev–Trinajstić information content (AvgIpc) is 2.86. The van der Waals surface area contributed by atoms with Gasteiger partial charge in [-0.05, 0) is 67.3 Å². The van der Waals surface area contributed by atoms with E-state index >= 15 is 0 Å². The van der Waals surface area contributed by atoms with Crippen LogP contribution in [0.2, 0.25) is 0 Å². The minimum atomic E-state index is 0.349. The Balaban J connectivity index is 1.69. The van der Waals surface area contributed by atoms with Crippen LogP contribution in [-0.4, -0.2) is 12.6 Å². The Morgan fingerprint density at radius 1 is 1.33 bits per heavy atom. The van der Waals surface area contributed by atoms with Crippen LogP contribution in [0, 0.1) is 5.92 Å². The van der Waals surface area contributed by atoms with Gasteiger partial charge in [0.2, 0.25) is 0 Å². The molecule has 3 rings (SSSR count). The largest absolute Gasteiger partial charge is 0.490 e. The zero-order valence-corrected chi connectivity index (χ0v) is 10.6. The number of rotatable bonds is 3. The minimum Gasteiger partial charge on any atom is -0.490 e. The summed E-state index contributed by atoms with van der Waals surface area (Å²) in [6.07, 6.45) is 7.88. The topological polar surface area (TPSA) is 47.3 Å². The van der Waals surface area contributed by atoms with E-state index in [1.807, 2.05) is 6.20 Å². The fourth-order valence-electron chi connectivity index (χ4n) is 2.82. The second-order valence-electron chi connectivity index (χ2n) is 5.23. The van der Waals surface area contributed by atoms with E-state index in [-0.39, 0.29) is 0 Å². The summed E-state index contributed by atoms with van der Waals surface area (Å²) in [6, 6.07) is 6.37. The van der Waals surface area contributed by atoms with Gasteiger partial charge in [-0.1, -0.05) is 6.07 Å². The van der Waals surface area contributed by atoms with Crippen LogP contribution in [0.5, 0.6) is 5.75 Å². The first-order valence-electron chi connectivity index (χ1n) is 6.75. The molecule has 3 N–H and O–H groups in total. The summed E-state index contributed by atoms with van der Waals surface area (Å²) < 4.78 is 6.06. The molecule has 18 heavy (non-hydrogen) atoms. The second kappa shape index (κ2) is 5.02. The van der Waals surface area contributed by atoms with Crippen LogP contribution >= 0.6 is 0 Å². The van der Waals surface area contributed by atoms with Crippen molar-refractivity contribution in [1.82, 2.24) is 5.32 Å². The van der Waals surface area contributed by atoms with Gasteiger partial charge < -0.3 is 15.8 Å². The van der Waals surface area contributed by atoms with Crippen molar-refractivity contribution in [3.63, 3.8) is 0 Å². The highest BCUT2D eigenvalue weighted by Gasteiger charge is 2.25. The Morgan fingerprint density at radius 3 is 3.11 bits per heavy atom. The molecule has 1 aliphatic carbocycles. The molecule has 0 radical (unpaired) electrons. The molecule has 0 unspecified atom stereocenters. The van der Waals surface area contributed by atoms with Crippen LogP contribution in [0.3, 0.4) is 0 Å². The van der Waals surface area contributed by atoms with Gasteiger partial charge in [0.25, 0.3) is 0 Å². The minimum absolute atomic E-state index is 0.349. The highest BCUT2D eigenvalue weighted by Crippen LogP contribution is 2.29. The van der Waals surface area contributed by atoms with Crippen LogP contribution in [0.25, 0.3) is 6.08 Å². The van der Waals surface area contributed by atoms with Crippen molar-refractivity contribution in [3.8, 4) is 5.75 Å². The van der Waals surface area contributed by atoms with Crippen molar-refractivity contribution < 1.29 is 4.74 Å². The summed E-state index contributed by atoms with van der Waals surface area (Å²) in [4.78, 5) is 0. The second-order valence-corrected chi connectivity index (χ2v) is 5.23. The number of hydrogen-bond acceptors (Lipinski definition) is 3. The molecule has 0 spiro atoms. The first-order valence-corrected chi connectivity index (χ1v) is 6.75. The molecular formula is C15H20N2O. The lowest BCUT2D eigenvalue weighted by Crippen LogP contribution is -2.16. The number of hydrogen-bond donors (Lipinski definition) is 2. The average molecular weight is 244 g/mol. The van der Waals surface area contributed by atoms with Crippen molar-refractivity contribution in [2.45, 2.75) is 31.9 Å². The van der Waals surface area contributed by atoms with E-state index in [1.165, 1.54) is 17.5 Å². The van der Waals surface area contributed by atoms with Gasteiger partial charge in [-0.2, -0.15) is 0 Å². The summed E-state index contributed by atoms with van der Waals surface area (Å²) in [6.45, 7) is 1.70. The van der Waals surface area contributed by atoms with E-state index in [0.717, 1.165) is 31.7 Å². The predicted molar refractivity (Wildman–Crippen MR) is 73.1 cm³/mol. The van der Waals surface area contributed by atoms with Gasteiger partial charge in [-0.15, -0.1) is 0 Å². The molecule has 0 bridgehead atoms. The number of benzene rings is 1. The molecule has 2 aliphatic rings. The third kappa shape index (κ3) is 2.36. The van der Waals surface area contributed by atoms with Crippen LogP contribution in [0.4, 0.5) is 0 Å². The van der Waals surface area contributed by atoms with Crippen LogP contribution in [0.15, 0.2) is 24.4 Å². The van der Waals surface area contributed by atoms with Gasteiger partial charge in [0.1, 0.15) is 5.75 Å². The molecule has 0 amide bonds. The SMILES string of the molecule is NC[C@H]1CC[C@H](Oc2ccc3c(c2)C=CNC3)C1. The summed E-state index contributed by atoms with van der Waals surface area (Å²) in [5.41, 5.74) is 8.30. The van der Waals surface area contributed by atoms with Gasteiger partial charge in [0.15, 0.2) is 0 Å². The summed E-state index contributed by atoms with van der Waals surface area (Å²) in [5, 5.41) is 3.21. The van der Waals surface area contributed by atoms with E-state index in [2.05, 4.69) is 29.6 Å². The third-order valence-corrected chi connectivity index (χ3v) is 3.92. The molecule has 2 atom stereocenters. The molecule has 1 aromatic rings. The normalized spacial score (nSPS) is 25.6. The van der Waals surface area contributed by atoms with Crippen molar-refractivity contribution in [2.75, 3.05) is 6.54 Å². The maximum absolute atomic E-state index is 6.06. The highest BCUT2D eigenvalue weighted by atomic mass is 16.5. The smallest absolute Gasteiger partial charge is 0.120 e. The molecule has 1 saturated carbocycles. The van der Waals surface area contributed by atoms with Gasteiger partial charge >= 0.3 is 0 Å². The lowest BCUT2D eigenvalue weighted by Gasteiger charge is -2.17. The molecule has 3 heteroatoms. The number of nitrogens with two attached hydrogens (primary N) is 1. The Kier molecular flexibility index (Phi) is 3.24. The van der Waals surface area contributed by atoms with Gasteiger partial charge in [-0.3, -0.25) is 0 Å². The fourth-order valence-corrected chi connectivity index (χ4v) is 2.82. The summed E-state index contributed by atoms with van der Waals surface area (Å²) in [5.74, 6) is 1.64. The van der Waals surface area contributed by atoms with Crippen LogP contribution < -0.4 is 15.8 Å². The molecule has 3 nitrogen and oxygen atoms in total. The lowest BCUT2D eigenvalue weighted by atomic mass is 10.0. The first kappa shape index (κ1) is 11.6. The van der Waals surface area contributed by atoms with E-state index < -0.39 is 0 Å². The Bertz CT molecular complexity index is 456. The molecule has 0 saturated heterocycles. The fraction of sp³-hybridized carbons (Fsp3) is 0.467. The predicted octanol–water partition coefficient (Wildman–Crippen LogP) is 2.27. The maximum Gasteiger partial charge on any atom is 0.120 e. The molecule has 1 heterocycles. The van der Waals surface area contributed by atoms with Crippen molar-refractivity contribution in [1.29, 1.82) is 0 Å². The van der Waals surface area contributed by atoms with Gasteiger partial charge in [-0.25, -0.2) is 0 Å². The lowest BCUT2D eigenvalue weighted by molar-refractivity contribution is 0.204. The van der Waals surface area contributed by atoms with Gasteiger partial charge in [0, 0.05) is 6.54 Å². The van der Waals surface area contributed by atoms with E-state index in [9.17, 15) is 0 Å². The zero-order chi connectivity index (χ0) is 12.4. The third-order valence-electron chi connectivity index (χ3n) is 3.92. The molecule has 1 fully saturated rings. The zero-order valence-electron chi connectivity index (χ0n) is 10.6. The molecule has 0 aromatic heterocycles. The first-order chi connectivity index (χ1) is 8.85. The molecular weight excluding hydrogens is 224 g/mol. The van der Waals surface area contributed by atoms with E-state index in [0.29, 0.717) is 12.0 Å². The molecule has 1 aliphatic heterocycles. The van der Waals surface area contributed by atoms with Crippen LogP contribution in [-0.2, 0) is 6.54 Å². The van der Waals surface area contributed by atoms with Crippen LogP contribution in [0.1, 0.15) is 30.4 Å². The Hall–Kier alpha value is -1.48. The molecule has 1 aromatic carbocycles. The van der Waals surface area contributed by atoms with Crippen molar-refractivity contribution >= 4 is 6.08 Å². The van der Waals surface area contributed by atoms with Crippen molar-refractivity contribution in [3.05, 3.63) is 35.5 Å². The molecule has 96 valence electrons. The number of fused-ring (bicyclic) bond motifs is 1. The van der Waals surface area contributed by atoms with E-state index in [4.69, 9.17) is 10.5 Å². The van der Waals surface area contributed by atoms with E-state index in [1.54, 1.807) is 0 Å². The monoisotopic (exact) mass is 244 g/mol. The quantitative estimate of drug-likeness (QED) is 0.857. The number of ether oxygens (including phenoxy) is 1. The Morgan fingerprint density at radius 2 is 2.28 bits per heavy atom. The van der Waals surface area contributed by atoms with Crippen molar-refractivity contribution in [2.24, 2.45) is 11.7 Å². The number of nitrogens with one attached hydrogen (secondary N) is 1. The summed E-state index contributed by atoms with van der Waals surface area (Å²) in [7, 11) is 0. The van der Waals surface area contributed by atoms with Gasteiger partial charge in [0.05, 0.1) is 6.10 Å². The highest BCUT2D eigenvalue weighted by molar-refractivity contribution is 5.57. The maximum atomic E-state index is 6.06.